The van der Waals surface area contributed by atoms with Gasteiger partial charge in [-0.1, -0.05) is 147 Å². The van der Waals surface area contributed by atoms with E-state index < -0.39 is 112 Å². The number of aliphatic hydroxyl groups is 7. The third-order valence-electron chi connectivity index (χ3n) is 12.2. The lowest BCUT2D eigenvalue weighted by Crippen LogP contribution is -2.55. The Morgan fingerprint density at radius 2 is 1.33 bits per heavy atom. The minimum atomic E-state index is -5.46. The number of hydrogen-bond acceptors (Lipinski definition) is 15. The number of hydrogen-bond donors (Lipinski definition) is 8. The van der Waals surface area contributed by atoms with Crippen LogP contribution >= 0.6 is 7.82 Å². The highest BCUT2D eigenvalue weighted by atomic mass is 31.2. The SMILES string of the molecule is CCCCCCCCCCCCCCCCCC(=O)O[C@@H]1COC(=O)CCC/C=C\C[C@H]2C(=O)C[C@@H](O)[C@H](/C=C/[C@@H](O)CCCCC)[C@@H](O)[C@@H](O)[C@@H](OP(=O)(O)OC1)[C@H](O)[C@@H](O)[C@@H]2O. The summed E-state index contributed by atoms with van der Waals surface area (Å²) in [6, 6.07) is 0. The molecule has 0 spiro atoms. The molecule has 1 aliphatic heterocycles. The molecule has 2 bridgehead atoms. The fourth-order valence-electron chi connectivity index (χ4n) is 8.11. The van der Waals surface area contributed by atoms with Crippen LogP contribution in [0.2, 0.25) is 0 Å². The Hall–Kier alpha value is -2.08. The van der Waals surface area contributed by atoms with E-state index in [4.69, 9.17) is 18.5 Å². The van der Waals surface area contributed by atoms with Crippen molar-refractivity contribution in [3.63, 3.8) is 0 Å². The number of esters is 2. The van der Waals surface area contributed by atoms with Gasteiger partial charge in [0.2, 0.25) is 0 Å². The Labute approximate surface area is 381 Å². The maximum absolute atomic E-state index is 13.6. The molecule has 16 nitrogen and oxygen atoms in total. The lowest BCUT2D eigenvalue weighted by Gasteiger charge is -2.36. The number of phosphoric ester groups is 1. The average molecular weight is 935 g/mol. The van der Waals surface area contributed by atoms with E-state index in [2.05, 4.69) is 6.92 Å². The molecule has 0 aromatic carbocycles. The van der Waals surface area contributed by atoms with Crippen molar-refractivity contribution in [2.45, 2.75) is 229 Å². The second-order valence-corrected chi connectivity index (χ2v) is 19.2. The Morgan fingerprint density at radius 1 is 0.766 bits per heavy atom. The van der Waals surface area contributed by atoms with E-state index in [9.17, 15) is 59.6 Å². The molecule has 1 aliphatic carbocycles. The molecule has 8 N–H and O–H groups in total. The number of ketones is 1. The van der Waals surface area contributed by atoms with E-state index in [1.54, 1.807) is 6.08 Å². The Bertz CT molecular complexity index is 1390. The van der Waals surface area contributed by atoms with Gasteiger partial charge in [0.15, 0.2) is 6.10 Å². The molecule has 0 saturated heterocycles. The second-order valence-electron chi connectivity index (χ2n) is 17.8. The third kappa shape index (κ3) is 23.6. The number of rotatable bonds is 23. The number of carbonyl (C=O) groups is 3. The number of carbonyl (C=O) groups excluding carboxylic acids is 3. The third-order valence-corrected chi connectivity index (χ3v) is 13.1. The van der Waals surface area contributed by atoms with E-state index in [1.165, 1.54) is 82.4 Å². The van der Waals surface area contributed by atoms with Crippen LogP contribution in [0.4, 0.5) is 0 Å². The van der Waals surface area contributed by atoms with Gasteiger partial charge in [-0.3, -0.25) is 23.4 Å². The Morgan fingerprint density at radius 3 is 1.94 bits per heavy atom. The predicted molar refractivity (Wildman–Crippen MR) is 241 cm³/mol. The van der Waals surface area contributed by atoms with Crippen LogP contribution in [0.15, 0.2) is 24.3 Å². The van der Waals surface area contributed by atoms with Gasteiger partial charge in [0.1, 0.15) is 36.8 Å². The summed E-state index contributed by atoms with van der Waals surface area (Å²) in [7, 11) is -5.46. The van der Waals surface area contributed by atoms with Crippen LogP contribution in [-0.4, -0.2) is 127 Å². The van der Waals surface area contributed by atoms with Gasteiger partial charge in [0, 0.05) is 31.1 Å². The van der Waals surface area contributed by atoms with Crippen LogP contribution in [0.3, 0.4) is 0 Å². The summed E-state index contributed by atoms with van der Waals surface area (Å²) in [5.41, 5.74) is 0. The molecule has 1 unspecified atom stereocenters. The van der Waals surface area contributed by atoms with Gasteiger partial charge < -0.3 is 50.1 Å². The molecule has 2 aliphatic rings. The topological polar surface area (TPSA) is 267 Å². The average Bonchev–Trinajstić information content (AvgIpc) is 3.26. The molecular weight excluding hydrogens is 851 g/mol. The maximum atomic E-state index is 13.6. The lowest BCUT2D eigenvalue weighted by molar-refractivity contribution is -0.166. The summed E-state index contributed by atoms with van der Waals surface area (Å²) >= 11 is 0. The first kappa shape index (κ1) is 58.0. The molecule has 12 atom stereocenters. The summed E-state index contributed by atoms with van der Waals surface area (Å²) in [6.07, 6.45) is 7.42. The first-order chi connectivity index (χ1) is 30.6. The van der Waals surface area contributed by atoms with Gasteiger partial charge in [-0.05, 0) is 32.1 Å². The van der Waals surface area contributed by atoms with Crippen molar-refractivity contribution < 1.29 is 78.1 Å². The van der Waals surface area contributed by atoms with E-state index in [-0.39, 0.29) is 19.3 Å². The highest BCUT2D eigenvalue weighted by Crippen LogP contribution is 2.47. The van der Waals surface area contributed by atoms with Crippen molar-refractivity contribution in [2.75, 3.05) is 13.2 Å². The quantitative estimate of drug-likeness (QED) is 0.0245. The molecule has 1 heterocycles. The summed E-state index contributed by atoms with van der Waals surface area (Å²) in [6.45, 7) is 2.80. The fourth-order valence-corrected chi connectivity index (χ4v) is 9.08. The van der Waals surface area contributed by atoms with Crippen LogP contribution in [-0.2, 0) is 37.5 Å². The van der Waals surface area contributed by atoms with Crippen LogP contribution in [0.5, 0.6) is 0 Å². The van der Waals surface area contributed by atoms with E-state index in [0.29, 0.717) is 32.1 Å². The normalized spacial score (nSPS) is 31.7. The van der Waals surface area contributed by atoms with E-state index in [0.717, 1.165) is 38.5 Å². The van der Waals surface area contributed by atoms with Crippen LogP contribution < -0.4 is 0 Å². The highest BCUT2D eigenvalue weighted by Gasteiger charge is 2.49. The second kappa shape index (κ2) is 33.4. The first-order valence-electron chi connectivity index (χ1n) is 24.2. The fraction of sp³-hybridized carbons (Fsp3) is 0.851. The first-order valence-corrected chi connectivity index (χ1v) is 25.7. The monoisotopic (exact) mass is 935 g/mol. The van der Waals surface area contributed by atoms with Crippen LogP contribution in [0.1, 0.15) is 174 Å². The summed E-state index contributed by atoms with van der Waals surface area (Å²) in [4.78, 5) is 50.0. The smallest absolute Gasteiger partial charge is 0.462 e. The van der Waals surface area contributed by atoms with Crippen molar-refractivity contribution in [1.29, 1.82) is 0 Å². The maximum Gasteiger partial charge on any atom is 0.472 e. The minimum Gasteiger partial charge on any atom is -0.462 e. The Kier molecular flexibility index (Phi) is 30.3. The molecular formula is C47H83O16P. The van der Waals surface area contributed by atoms with E-state index in [1.807, 2.05) is 6.92 Å². The zero-order chi connectivity index (χ0) is 47.3. The standard InChI is InChI=1S/C47H83O16P/c1-3-5-7-8-9-10-11-12-13-14-15-16-17-18-24-28-41(52)62-35-32-60-40(51)27-23-20-19-22-26-36-38(49)31-39(50)37(30-29-34(48)25-21-6-4-2)43(54)45(56)47(46(57)44(55)42(36)53)63-64(58,59)61-33-35/h19,22,29-30,34-37,39,42-48,50,53-57H,3-18,20-21,23-28,31-33H2,1-2H3,(H,58,59)/b22-19-,30-29+/t34-,35+,36-,37-,39+,42+,43+,44-,45+,46+,47+/m0/s1. The number of aliphatic hydroxyl groups excluding tert-OH is 7. The number of ether oxygens (including phenoxy) is 2. The summed E-state index contributed by atoms with van der Waals surface area (Å²) in [5, 5.41) is 78.5. The van der Waals surface area contributed by atoms with Gasteiger partial charge in [0.05, 0.1) is 31.0 Å². The number of allylic oxidation sites excluding steroid dienone is 2. The molecule has 0 radical (unpaired) electrons. The molecule has 64 heavy (non-hydrogen) atoms. The zero-order valence-corrected chi connectivity index (χ0v) is 39.4. The Balaban J connectivity index is 2.19. The molecule has 1 saturated carbocycles. The lowest BCUT2D eigenvalue weighted by atomic mass is 9.84. The molecule has 2 rings (SSSR count). The molecule has 372 valence electrons. The molecule has 17 heteroatoms. The molecule has 0 aromatic rings. The van der Waals surface area contributed by atoms with Crippen molar-refractivity contribution in [3.05, 3.63) is 24.3 Å². The molecule has 1 fully saturated rings. The predicted octanol–water partition coefficient (Wildman–Crippen LogP) is 6.20. The van der Waals surface area contributed by atoms with Crippen molar-refractivity contribution in [3.8, 4) is 0 Å². The van der Waals surface area contributed by atoms with Gasteiger partial charge in [-0.15, -0.1) is 0 Å². The van der Waals surface area contributed by atoms with Crippen LogP contribution in [0.25, 0.3) is 0 Å². The van der Waals surface area contributed by atoms with Crippen molar-refractivity contribution in [1.82, 2.24) is 0 Å². The molecule has 0 aromatic heterocycles. The van der Waals surface area contributed by atoms with Crippen molar-refractivity contribution in [2.24, 2.45) is 11.8 Å². The highest BCUT2D eigenvalue weighted by molar-refractivity contribution is 7.47. The van der Waals surface area contributed by atoms with Gasteiger partial charge in [0.25, 0.3) is 0 Å². The van der Waals surface area contributed by atoms with Crippen molar-refractivity contribution >= 4 is 25.5 Å². The zero-order valence-electron chi connectivity index (χ0n) is 38.5. The van der Waals surface area contributed by atoms with Gasteiger partial charge in [-0.2, -0.15) is 0 Å². The number of Topliss-reactive ketones (excluding diaryl/α,β-unsaturated/α-hetero) is 1. The van der Waals surface area contributed by atoms with Crippen LogP contribution in [0, 0.1) is 11.8 Å². The molecule has 0 amide bonds. The summed E-state index contributed by atoms with van der Waals surface area (Å²) in [5.74, 6) is -5.07. The minimum absolute atomic E-state index is 0.0294. The number of unbranched alkanes of at least 4 members (excludes halogenated alkanes) is 16. The van der Waals surface area contributed by atoms with Gasteiger partial charge in [-0.25, -0.2) is 4.57 Å². The number of cyclic esters (lactones) is 1. The largest absolute Gasteiger partial charge is 0.472 e. The van der Waals surface area contributed by atoms with Gasteiger partial charge >= 0.3 is 19.8 Å². The van der Waals surface area contributed by atoms with E-state index >= 15 is 0 Å². The number of fused-ring (bicyclic) bond motifs is 4. The summed E-state index contributed by atoms with van der Waals surface area (Å²) < 4.78 is 34.7. The number of phosphoric acid groups is 1.